The highest BCUT2D eigenvalue weighted by molar-refractivity contribution is 6.04. The van der Waals surface area contributed by atoms with Crippen molar-refractivity contribution >= 4 is 23.5 Å². The Bertz CT molecular complexity index is 594. The molecule has 6 heteroatoms. The van der Waals surface area contributed by atoms with E-state index in [2.05, 4.69) is 0 Å². The number of carbonyl (C=O) groups excluding carboxylic acids is 3. The van der Waals surface area contributed by atoms with Crippen LogP contribution in [-0.4, -0.2) is 48.9 Å². The molecule has 1 fully saturated rings. The molecule has 1 heterocycles. The highest BCUT2D eigenvalue weighted by Gasteiger charge is 2.25. The molecule has 124 valence electrons. The highest BCUT2D eigenvalue weighted by atomic mass is 16.5. The van der Waals surface area contributed by atoms with Gasteiger partial charge in [0.25, 0.3) is 0 Å². The number of amides is 2. The third-order valence-corrected chi connectivity index (χ3v) is 3.82. The molecule has 0 aliphatic carbocycles. The van der Waals surface area contributed by atoms with Crippen LogP contribution in [0.1, 0.15) is 37.0 Å². The summed E-state index contributed by atoms with van der Waals surface area (Å²) in [6.07, 6.45) is 1.98. The van der Waals surface area contributed by atoms with Gasteiger partial charge in [-0.3, -0.25) is 9.59 Å². The van der Waals surface area contributed by atoms with Crippen molar-refractivity contribution in [2.24, 2.45) is 0 Å². The van der Waals surface area contributed by atoms with Gasteiger partial charge in [-0.25, -0.2) is 4.79 Å². The summed E-state index contributed by atoms with van der Waals surface area (Å²) in [5.41, 5.74) is 0.699. The first-order valence-electron chi connectivity index (χ1n) is 7.86. The zero-order valence-electron chi connectivity index (χ0n) is 13.6. The number of esters is 1. The first-order chi connectivity index (χ1) is 11.0. The summed E-state index contributed by atoms with van der Waals surface area (Å²) in [6.45, 7) is 4.75. The van der Waals surface area contributed by atoms with Crippen LogP contribution in [0.5, 0.6) is 0 Å². The van der Waals surface area contributed by atoms with Gasteiger partial charge >= 0.3 is 5.97 Å². The molecule has 1 aliphatic rings. The van der Waals surface area contributed by atoms with Crippen LogP contribution in [0.15, 0.2) is 24.3 Å². The molecule has 6 nitrogen and oxygen atoms in total. The Morgan fingerprint density at radius 1 is 1.17 bits per heavy atom. The van der Waals surface area contributed by atoms with E-state index < -0.39 is 5.97 Å². The number of ether oxygens (including phenoxy) is 1. The van der Waals surface area contributed by atoms with Crippen molar-refractivity contribution in [2.45, 2.75) is 26.7 Å². The van der Waals surface area contributed by atoms with E-state index in [4.69, 9.17) is 4.74 Å². The van der Waals surface area contributed by atoms with Gasteiger partial charge in [-0.05, 0) is 31.9 Å². The fourth-order valence-electron chi connectivity index (χ4n) is 2.66. The largest absolute Gasteiger partial charge is 0.462 e. The van der Waals surface area contributed by atoms with Crippen LogP contribution in [0.4, 0.5) is 5.69 Å². The van der Waals surface area contributed by atoms with Crippen molar-refractivity contribution in [1.29, 1.82) is 0 Å². The average molecular weight is 318 g/mol. The van der Waals surface area contributed by atoms with Gasteiger partial charge in [0.1, 0.15) is 6.54 Å². The summed E-state index contributed by atoms with van der Waals surface area (Å²) in [6, 6.07) is 6.69. The zero-order chi connectivity index (χ0) is 16.8. The molecule has 1 aliphatic heterocycles. The van der Waals surface area contributed by atoms with E-state index in [1.54, 1.807) is 36.1 Å². The SMILES string of the molecule is CCOC(=O)c1ccccc1N(CC(=O)N1CCCC1)C(C)=O. The number of anilines is 1. The molecule has 1 aromatic rings. The molecule has 0 spiro atoms. The van der Waals surface area contributed by atoms with E-state index in [-0.39, 0.29) is 25.0 Å². The first kappa shape index (κ1) is 17.0. The molecule has 1 aromatic carbocycles. The van der Waals surface area contributed by atoms with Gasteiger partial charge < -0.3 is 14.5 Å². The van der Waals surface area contributed by atoms with Gasteiger partial charge in [-0.2, -0.15) is 0 Å². The standard InChI is InChI=1S/C17H22N2O4/c1-3-23-17(22)14-8-4-5-9-15(14)19(13(2)20)12-16(21)18-10-6-7-11-18/h4-5,8-9H,3,6-7,10-12H2,1-2H3. The molecule has 23 heavy (non-hydrogen) atoms. The van der Waals surface area contributed by atoms with Crippen molar-refractivity contribution in [3.8, 4) is 0 Å². The molecule has 0 bridgehead atoms. The minimum atomic E-state index is -0.497. The maximum absolute atomic E-state index is 12.4. The molecule has 2 amide bonds. The summed E-state index contributed by atoms with van der Waals surface area (Å²) < 4.78 is 5.03. The van der Waals surface area contributed by atoms with Gasteiger partial charge in [0.2, 0.25) is 11.8 Å². The molecule has 0 unspecified atom stereocenters. The predicted octanol–water partition coefficient (Wildman–Crippen LogP) is 1.84. The smallest absolute Gasteiger partial charge is 0.340 e. The van der Waals surface area contributed by atoms with Crippen LogP contribution in [-0.2, 0) is 14.3 Å². The first-order valence-corrected chi connectivity index (χ1v) is 7.86. The van der Waals surface area contributed by atoms with Gasteiger partial charge in [0.15, 0.2) is 0 Å². The Morgan fingerprint density at radius 3 is 2.43 bits per heavy atom. The second kappa shape index (κ2) is 7.76. The lowest BCUT2D eigenvalue weighted by molar-refractivity contribution is -0.130. The maximum atomic E-state index is 12.4. The fraction of sp³-hybridized carbons (Fsp3) is 0.471. The van der Waals surface area contributed by atoms with Crippen molar-refractivity contribution in [3.63, 3.8) is 0 Å². The molecule has 1 saturated heterocycles. The van der Waals surface area contributed by atoms with Gasteiger partial charge in [0.05, 0.1) is 17.9 Å². The van der Waals surface area contributed by atoms with E-state index >= 15 is 0 Å². The summed E-state index contributed by atoms with van der Waals surface area (Å²) in [4.78, 5) is 39.6. The lowest BCUT2D eigenvalue weighted by atomic mass is 10.1. The van der Waals surface area contributed by atoms with E-state index in [0.29, 0.717) is 11.3 Å². The second-order valence-corrected chi connectivity index (χ2v) is 5.43. The highest BCUT2D eigenvalue weighted by Crippen LogP contribution is 2.22. The van der Waals surface area contributed by atoms with Gasteiger partial charge in [-0.1, -0.05) is 12.1 Å². The van der Waals surface area contributed by atoms with Crippen molar-refractivity contribution in [3.05, 3.63) is 29.8 Å². The van der Waals surface area contributed by atoms with E-state index in [1.165, 1.54) is 11.8 Å². The van der Waals surface area contributed by atoms with Gasteiger partial charge in [-0.15, -0.1) is 0 Å². The third kappa shape index (κ3) is 4.09. The Kier molecular flexibility index (Phi) is 5.73. The number of para-hydroxylation sites is 1. The number of rotatable bonds is 5. The Labute approximate surface area is 136 Å². The zero-order valence-corrected chi connectivity index (χ0v) is 13.6. The van der Waals surface area contributed by atoms with Crippen molar-refractivity contribution in [2.75, 3.05) is 31.1 Å². The minimum absolute atomic E-state index is 0.0637. The number of carbonyl (C=O) groups is 3. The summed E-state index contributed by atoms with van der Waals surface area (Å²) in [7, 11) is 0. The number of hydrogen-bond acceptors (Lipinski definition) is 4. The fourth-order valence-corrected chi connectivity index (χ4v) is 2.66. The van der Waals surface area contributed by atoms with Gasteiger partial charge in [0, 0.05) is 20.0 Å². The van der Waals surface area contributed by atoms with Crippen LogP contribution in [0.25, 0.3) is 0 Å². The number of hydrogen-bond donors (Lipinski definition) is 0. The average Bonchev–Trinajstić information content (AvgIpc) is 3.07. The predicted molar refractivity (Wildman–Crippen MR) is 86.2 cm³/mol. The summed E-state index contributed by atoms with van der Waals surface area (Å²) in [5.74, 6) is -0.881. The van der Waals surface area contributed by atoms with E-state index in [0.717, 1.165) is 25.9 Å². The van der Waals surface area contributed by atoms with Crippen LogP contribution in [0, 0.1) is 0 Å². The topological polar surface area (TPSA) is 66.9 Å². The number of nitrogens with zero attached hydrogens (tertiary/aromatic N) is 2. The molecular formula is C17H22N2O4. The maximum Gasteiger partial charge on any atom is 0.340 e. The Balaban J connectivity index is 2.25. The molecule has 0 aromatic heterocycles. The normalized spacial score (nSPS) is 13.7. The lowest BCUT2D eigenvalue weighted by Crippen LogP contribution is -2.41. The lowest BCUT2D eigenvalue weighted by Gasteiger charge is -2.25. The number of likely N-dealkylation sites (tertiary alicyclic amines) is 1. The third-order valence-electron chi connectivity index (χ3n) is 3.82. The number of benzene rings is 1. The quantitative estimate of drug-likeness (QED) is 0.777. The molecular weight excluding hydrogens is 296 g/mol. The van der Waals surface area contributed by atoms with Crippen LogP contribution in [0.2, 0.25) is 0 Å². The summed E-state index contributed by atoms with van der Waals surface area (Å²) >= 11 is 0. The van der Waals surface area contributed by atoms with Crippen LogP contribution >= 0.6 is 0 Å². The molecule has 0 radical (unpaired) electrons. The van der Waals surface area contributed by atoms with Crippen molar-refractivity contribution in [1.82, 2.24) is 4.90 Å². The summed E-state index contributed by atoms with van der Waals surface area (Å²) in [5, 5.41) is 0. The van der Waals surface area contributed by atoms with E-state index in [1.807, 2.05) is 0 Å². The minimum Gasteiger partial charge on any atom is -0.462 e. The second-order valence-electron chi connectivity index (χ2n) is 5.43. The molecule has 2 rings (SSSR count). The van der Waals surface area contributed by atoms with Crippen molar-refractivity contribution < 1.29 is 19.1 Å². The Morgan fingerprint density at radius 2 is 1.83 bits per heavy atom. The monoisotopic (exact) mass is 318 g/mol. The molecule has 0 atom stereocenters. The molecule has 0 saturated carbocycles. The van der Waals surface area contributed by atoms with E-state index in [9.17, 15) is 14.4 Å². The van der Waals surface area contributed by atoms with Crippen LogP contribution in [0.3, 0.4) is 0 Å². The molecule has 0 N–H and O–H groups in total. The Hall–Kier alpha value is -2.37. The van der Waals surface area contributed by atoms with Crippen LogP contribution < -0.4 is 4.90 Å².